The molecule has 3 heterocycles. The summed E-state index contributed by atoms with van der Waals surface area (Å²) in [5.41, 5.74) is 1.74. The van der Waals surface area contributed by atoms with Crippen LogP contribution in [0.15, 0.2) is 42.6 Å². The Morgan fingerprint density at radius 3 is 2.63 bits per heavy atom. The Morgan fingerprint density at radius 2 is 1.90 bits per heavy atom. The molecule has 0 amide bonds. The summed E-state index contributed by atoms with van der Waals surface area (Å²) >= 11 is 0. The van der Waals surface area contributed by atoms with Crippen LogP contribution in [0.4, 0.5) is 5.82 Å². The molecule has 1 aliphatic rings. The summed E-state index contributed by atoms with van der Waals surface area (Å²) in [5, 5.41) is 14.4. The van der Waals surface area contributed by atoms with Crippen LogP contribution in [0.2, 0.25) is 0 Å². The van der Waals surface area contributed by atoms with Gasteiger partial charge in [-0.2, -0.15) is 5.10 Å². The molecule has 158 valence electrons. The Labute approximate surface area is 174 Å². The number of aliphatic hydroxyl groups excluding tert-OH is 1. The van der Waals surface area contributed by atoms with Crippen LogP contribution in [0.1, 0.15) is 11.9 Å². The molecule has 30 heavy (non-hydrogen) atoms. The second kappa shape index (κ2) is 9.21. The third-order valence-corrected chi connectivity index (χ3v) is 4.98. The molecule has 1 aliphatic heterocycles. The molecule has 0 radical (unpaired) electrons. The van der Waals surface area contributed by atoms with Crippen LogP contribution >= 0.6 is 0 Å². The summed E-state index contributed by atoms with van der Waals surface area (Å²) in [6.45, 7) is 2.55. The predicted octanol–water partition coefficient (Wildman–Crippen LogP) is 1.85. The number of morpholine rings is 1. The summed E-state index contributed by atoms with van der Waals surface area (Å²) < 4.78 is 17.8. The standard InChI is InChI=1S/C21H25N5O4/c1-28-16-5-3-4-15(12-16)17-6-7-26(24-17)20-13-19(25-8-10-30-11-9-25)22-21(23-20)18(14-27)29-2/h3-7,12-13,18,27H,8-11,14H2,1-2H3/t18-/m0/s1. The van der Waals surface area contributed by atoms with Crippen LogP contribution in [0.5, 0.6) is 5.75 Å². The Hall–Kier alpha value is -3.01. The van der Waals surface area contributed by atoms with Crippen LogP contribution in [-0.2, 0) is 9.47 Å². The molecule has 2 aromatic heterocycles. The van der Waals surface area contributed by atoms with Crippen molar-refractivity contribution in [1.82, 2.24) is 19.7 Å². The van der Waals surface area contributed by atoms with Crippen molar-refractivity contribution in [3.8, 4) is 22.8 Å². The molecular formula is C21H25N5O4. The average Bonchev–Trinajstić information content (AvgIpc) is 3.31. The van der Waals surface area contributed by atoms with Crippen LogP contribution < -0.4 is 9.64 Å². The van der Waals surface area contributed by atoms with Gasteiger partial charge in [0.1, 0.15) is 17.7 Å². The Bertz CT molecular complexity index is 983. The number of nitrogens with zero attached hydrogens (tertiary/aromatic N) is 5. The Balaban J connectivity index is 1.72. The quantitative estimate of drug-likeness (QED) is 0.630. The van der Waals surface area contributed by atoms with Gasteiger partial charge in [0.2, 0.25) is 0 Å². The summed E-state index contributed by atoms with van der Waals surface area (Å²) in [4.78, 5) is 11.4. The molecule has 1 saturated heterocycles. The monoisotopic (exact) mass is 411 g/mol. The van der Waals surface area contributed by atoms with Gasteiger partial charge < -0.3 is 24.2 Å². The van der Waals surface area contributed by atoms with E-state index in [-0.39, 0.29) is 6.61 Å². The summed E-state index contributed by atoms with van der Waals surface area (Å²) in [5.74, 6) is 2.54. The SMILES string of the molecule is COc1cccc(-c2ccn(-c3cc(N4CCOCC4)nc([C@H](CO)OC)n3)n2)c1. The zero-order valence-corrected chi connectivity index (χ0v) is 17.1. The fourth-order valence-corrected chi connectivity index (χ4v) is 3.31. The number of hydrogen-bond acceptors (Lipinski definition) is 8. The lowest BCUT2D eigenvalue weighted by atomic mass is 10.1. The number of hydrogen-bond donors (Lipinski definition) is 1. The molecule has 9 nitrogen and oxygen atoms in total. The van der Waals surface area contributed by atoms with E-state index in [2.05, 4.69) is 20.0 Å². The van der Waals surface area contributed by atoms with Gasteiger partial charge in [-0.15, -0.1) is 0 Å². The van der Waals surface area contributed by atoms with Crippen LogP contribution in [0, 0.1) is 0 Å². The fourth-order valence-electron chi connectivity index (χ4n) is 3.31. The molecule has 0 bridgehead atoms. The van der Waals surface area contributed by atoms with Crippen molar-refractivity contribution in [2.45, 2.75) is 6.10 Å². The lowest BCUT2D eigenvalue weighted by molar-refractivity contribution is 0.0422. The zero-order chi connectivity index (χ0) is 20.9. The van der Waals surface area contributed by atoms with Gasteiger partial charge in [-0.05, 0) is 18.2 Å². The van der Waals surface area contributed by atoms with E-state index < -0.39 is 6.10 Å². The summed E-state index contributed by atoms with van der Waals surface area (Å²) in [6, 6.07) is 11.5. The predicted molar refractivity (Wildman–Crippen MR) is 111 cm³/mol. The van der Waals surface area contributed by atoms with Crippen molar-refractivity contribution in [3.05, 3.63) is 48.4 Å². The molecule has 4 rings (SSSR count). The molecule has 1 aromatic carbocycles. The zero-order valence-electron chi connectivity index (χ0n) is 17.1. The number of rotatable bonds is 7. The number of benzene rings is 1. The minimum Gasteiger partial charge on any atom is -0.497 e. The van der Waals surface area contributed by atoms with Gasteiger partial charge in [0, 0.05) is 38.0 Å². The second-order valence-electron chi connectivity index (χ2n) is 6.83. The molecule has 1 atom stereocenters. The topological polar surface area (TPSA) is 94.8 Å². The number of ether oxygens (including phenoxy) is 3. The second-order valence-corrected chi connectivity index (χ2v) is 6.83. The van der Waals surface area contributed by atoms with E-state index in [9.17, 15) is 5.11 Å². The van der Waals surface area contributed by atoms with Crippen molar-refractivity contribution in [2.75, 3.05) is 52.0 Å². The molecule has 0 saturated carbocycles. The normalized spacial score (nSPS) is 15.2. The van der Waals surface area contributed by atoms with Gasteiger partial charge in [-0.3, -0.25) is 0 Å². The molecule has 0 spiro atoms. The largest absolute Gasteiger partial charge is 0.497 e. The molecule has 0 unspecified atom stereocenters. The first-order chi connectivity index (χ1) is 14.7. The van der Waals surface area contributed by atoms with E-state index in [0.29, 0.717) is 24.9 Å². The van der Waals surface area contributed by atoms with Gasteiger partial charge in [0.25, 0.3) is 0 Å². The molecule has 3 aromatic rings. The molecule has 1 fully saturated rings. The van der Waals surface area contributed by atoms with E-state index in [0.717, 1.165) is 35.9 Å². The lowest BCUT2D eigenvalue weighted by Gasteiger charge is -2.28. The highest BCUT2D eigenvalue weighted by Crippen LogP contribution is 2.25. The van der Waals surface area contributed by atoms with Gasteiger partial charge >= 0.3 is 0 Å². The average molecular weight is 411 g/mol. The van der Waals surface area contributed by atoms with E-state index in [1.54, 1.807) is 11.8 Å². The lowest BCUT2D eigenvalue weighted by Crippen LogP contribution is -2.37. The van der Waals surface area contributed by atoms with E-state index in [1.807, 2.05) is 42.6 Å². The Kier molecular flexibility index (Phi) is 6.22. The van der Waals surface area contributed by atoms with Crippen molar-refractivity contribution < 1.29 is 19.3 Å². The number of aliphatic hydroxyl groups is 1. The summed E-state index contributed by atoms with van der Waals surface area (Å²) in [7, 11) is 3.17. The van der Waals surface area contributed by atoms with Gasteiger partial charge in [0.05, 0.1) is 32.6 Å². The fraction of sp³-hybridized carbons (Fsp3) is 0.381. The molecular weight excluding hydrogens is 386 g/mol. The van der Waals surface area contributed by atoms with Crippen molar-refractivity contribution in [2.24, 2.45) is 0 Å². The highest BCUT2D eigenvalue weighted by molar-refractivity contribution is 5.61. The first-order valence-corrected chi connectivity index (χ1v) is 9.77. The minimum absolute atomic E-state index is 0.212. The number of aromatic nitrogens is 4. The third kappa shape index (κ3) is 4.28. The highest BCUT2D eigenvalue weighted by Gasteiger charge is 2.20. The Morgan fingerprint density at radius 1 is 1.10 bits per heavy atom. The van der Waals surface area contributed by atoms with E-state index >= 15 is 0 Å². The van der Waals surface area contributed by atoms with Gasteiger partial charge in [-0.25, -0.2) is 14.6 Å². The van der Waals surface area contributed by atoms with Gasteiger partial charge in [0.15, 0.2) is 11.6 Å². The van der Waals surface area contributed by atoms with Crippen molar-refractivity contribution in [3.63, 3.8) is 0 Å². The van der Waals surface area contributed by atoms with Gasteiger partial charge in [-0.1, -0.05) is 12.1 Å². The van der Waals surface area contributed by atoms with Crippen LogP contribution in [0.25, 0.3) is 17.1 Å². The number of anilines is 1. The smallest absolute Gasteiger partial charge is 0.164 e. The first kappa shape index (κ1) is 20.3. The minimum atomic E-state index is -0.613. The first-order valence-electron chi connectivity index (χ1n) is 9.77. The number of methoxy groups -OCH3 is 2. The maximum absolute atomic E-state index is 9.67. The third-order valence-electron chi connectivity index (χ3n) is 4.98. The molecule has 1 N–H and O–H groups in total. The van der Waals surface area contributed by atoms with Crippen molar-refractivity contribution in [1.29, 1.82) is 0 Å². The molecule has 9 heteroatoms. The van der Waals surface area contributed by atoms with E-state index in [4.69, 9.17) is 14.2 Å². The van der Waals surface area contributed by atoms with Crippen molar-refractivity contribution >= 4 is 5.82 Å². The summed E-state index contributed by atoms with van der Waals surface area (Å²) in [6.07, 6.45) is 1.24. The maximum Gasteiger partial charge on any atom is 0.164 e. The highest BCUT2D eigenvalue weighted by atomic mass is 16.5. The van der Waals surface area contributed by atoms with Crippen LogP contribution in [-0.4, -0.2) is 72.0 Å². The molecule has 0 aliphatic carbocycles. The maximum atomic E-state index is 9.67. The van der Waals surface area contributed by atoms with E-state index in [1.165, 1.54) is 7.11 Å². The van der Waals surface area contributed by atoms with Crippen LogP contribution in [0.3, 0.4) is 0 Å².